The maximum atomic E-state index is 11.9. The highest BCUT2D eigenvalue weighted by Gasteiger charge is 2.21. The van der Waals surface area contributed by atoms with Crippen molar-refractivity contribution in [2.24, 2.45) is 5.92 Å². The van der Waals surface area contributed by atoms with Gasteiger partial charge in [-0.1, -0.05) is 18.7 Å². The molecule has 0 atom stereocenters. The highest BCUT2D eigenvalue weighted by molar-refractivity contribution is 5.88. The molecule has 9 nitrogen and oxygen atoms in total. The number of nitriles is 1. The van der Waals surface area contributed by atoms with Crippen molar-refractivity contribution in [1.82, 2.24) is 24.3 Å². The molecule has 6 rings (SSSR count). The predicted molar refractivity (Wildman–Crippen MR) is 149 cm³/mol. The van der Waals surface area contributed by atoms with Crippen molar-refractivity contribution in [1.29, 1.82) is 5.26 Å². The van der Waals surface area contributed by atoms with E-state index in [1.165, 1.54) is 6.08 Å². The van der Waals surface area contributed by atoms with Crippen LogP contribution in [-0.2, 0) is 16.1 Å². The molecule has 2 aliphatic rings. The van der Waals surface area contributed by atoms with Crippen LogP contribution >= 0.6 is 0 Å². The minimum atomic E-state index is -0.0165. The zero-order chi connectivity index (χ0) is 26.8. The van der Waals surface area contributed by atoms with E-state index in [1.54, 1.807) is 10.7 Å². The summed E-state index contributed by atoms with van der Waals surface area (Å²) in [4.78, 5) is 16.0. The van der Waals surface area contributed by atoms with Gasteiger partial charge in [-0.2, -0.15) is 15.5 Å². The van der Waals surface area contributed by atoms with E-state index in [2.05, 4.69) is 64.3 Å². The van der Waals surface area contributed by atoms with Crippen LogP contribution in [0.4, 0.5) is 5.69 Å². The van der Waals surface area contributed by atoms with Crippen molar-refractivity contribution in [2.45, 2.75) is 19.4 Å². The molecule has 5 heterocycles. The van der Waals surface area contributed by atoms with Crippen molar-refractivity contribution in [3.63, 3.8) is 0 Å². The molecule has 2 saturated heterocycles. The Labute approximate surface area is 227 Å². The van der Waals surface area contributed by atoms with E-state index < -0.39 is 0 Å². The van der Waals surface area contributed by atoms with Crippen LogP contribution in [0, 0.1) is 17.2 Å². The van der Waals surface area contributed by atoms with Crippen LogP contribution < -0.4 is 4.90 Å². The normalized spacial score (nSPS) is 16.4. The first kappa shape index (κ1) is 24.9. The highest BCUT2D eigenvalue weighted by Crippen LogP contribution is 2.33. The minimum Gasteiger partial charge on any atom is -0.381 e. The number of fused-ring (bicyclic) bond motifs is 1. The average molecular weight is 522 g/mol. The Bertz CT molecular complexity index is 1530. The number of hydrogen-bond acceptors (Lipinski definition) is 6. The summed E-state index contributed by atoms with van der Waals surface area (Å²) in [5, 5.41) is 18.9. The molecule has 0 spiro atoms. The molecule has 9 heteroatoms. The van der Waals surface area contributed by atoms with E-state index in [1.807, 2.05) is 22.0 Å². The standard InChI is InChI=1S/C30H31N7O2/c1-2-29(38)35-11-9-34(10-12-35)27-5-3-23(4-6-27)28-15-24(21-37-30(28)25(16-31)17-33-37)26-18-32-36(20-26)19-22-7-13-39-14-8-22/h2-6,15,17-18,20-22H,1,7-14,19H2. The minimum absolute atomic E-state index is 0.0165. The number of rotatable bonds is 6. The quantitative estimate of drug-likeness (QED) is 0.356. The van der Waals surface area contributed by atoms with Gasteiger partial charge in [-0.3, -0.25) is 9.48 Å². The molecule has 0 bridgehead atoms. The highest BCUT2D eigenvalue weighted by atomic mass is 16.5. The number of hydrogen-bond donors (Lipinski definition) is 0. The smallest absolute Gasteiger partial charge is 0.246 e. The number of carbonyl (C=O) groups excluding carboxylic acids is 1. The van der Waals surface area contributed by atoms with Gasteiger partial charge >= 0.3 is 0 Å². The number of pyridine rings is 1. The van der Waals surface area contributed by atoms with Gasteiger partial charge in [-0.25, -0.2) is 4.52 Å². The van der Waals surface area contributed by atoms with Gasteiger partial charge in [0.05, 0.1) is 23.5 Å². The van der Waals surface area contributed by atoms with Crippen LogP contribution in [-0.4, -0.2) is 69.6 Å². The molecule has 3 aromatic heterocycles. The summed E-state index contributed by atoms with van der Waals surface area (Å²) in [5.41, 5.74) is 6.42. The molecular weight excluding hydrogens is 490 g/mol. The summed E-state index contributed by atoms with van der Waals surface area (Å²) in [6.45, 7) is 9.03. The fourth-order valence-corrected chi connectivity index (χ4v) is 5.55. The number of benzene rings is 1. The second kappa shape index (κ2) is 10.8. The molecule has 198 valence electrons. The molecular formula is C30H31N7O2. The second-order valence-electron chi connectivity index (χ2n) is 10.2. The fraction of sp³-hybridized carbons (Fsp3) is 0.333. The van der Waals surface area contributed by atoms with Crippen LogP contribution in [0.5, 0.6) is 0 Å². The van der Waals surface area contributed by atoms with Gasteiger partial charge in [-0.15, -0.1) is 0 Å². The van der Waals surface area contributed by atoms with Crippen LogP contribution in [0.25, 0.3) is 27.8 Å². The molecule has 0 radical (unpaired) electrons. The topological polar surface area (TPSA) is 91.7 Å². The van der Waals surface area contributed by atoms with Gasteiger partial charge < -0.3 is 14.5 Å². The Morgan fingerprint density at radius 1 is 1.03 bits per heavy atom. The predicted octanol–water partition coefficient (Wildman–Crippen LogP) is 4.00. The average Bonchev–Trinajstić information content (AvgIpc) is 3.64. The largest absolute Gasteiger partial charge is 0.381 e. The fourth-order valence-electron chi connectivity index (χ4n) is 5.55. The van der Waals surface area contributed by atoms with E-state index in [0.29, 0.717) is 24.6 Å². The Morgan fingerprint density at radius 2 is 1.79 bits per heavy atom. The molecule has 2 aliphatic heterocycles. The van der Waals surface area contributed by atoms with E-state index in [0.717, 1.165) is 79.1 Å². The maximum Gasteiger partial charge on any atom is 0.246 e. The number of piperazine rings is 1. The number of amides is 1. The number of anilines is 1. The van der Waals surface area contributed by atoms with Crippen molar-refractivity contribution in [3.8, 4) is 28.3 Å². The summed E-state index contributed by atoms with van der Waals surface area (Å²) in [6, 6.07) is 12.8. The summed E-state index contributed by atoms with van der Waals surface area (Å²) < 4.78 is 9.31. The summed E-state index contributed by atoms with van der Waals surface area (Å²) in [6.07, 6.45) is 11.1. The Balaban J connectivity index is 1.28. The summed E-state index contributed by atoms with van der Waals surface area (Å²) in [7, 11) is 0. The van der Waals surface area contributed by atoms with E-state index in [-0.39, 0.29) is 5.91 Å². The van der Waals surface area contributed by atoms with Gasteiger partial charge in [-0.05, 0) is 48.6 Å². The third-order valence-corrected chi connectivity index (χ3v) is 7.79. The lowest BCUT2D eigenvalue weighted by Crippen LogP contribution is -2.48. The molecule has 1 amide bonds. The molecule has 0 saturated carbocycles. The van der Waals surface area contributed by atoms with E-state index in [4.69, 9.17) is 4.74 Å². The van der Waals surface area contributed by atoms with Gasteiger partial charge in [0.2, 0.25) is 5.91 Å². The van der Waals surface area contributed by atoms with Crippen molar-refractivity contribution in [2.75, 3.05) is 44.3 Å². The van der Waals surface area contributed by atoms with Crippen LogP contribution in [0.3, 0.4) is 0 Å². The third-order valence-electron chi connectivity index (χ3n) is 7.79. The van der Waals surface area contributed by atoms with Crippen molar-refractivity contribution < 1.29 is 9.53 Å². The van der Waals surface area contributed by atoms with E-state index in [9.17, 15) is 10.1 Å². The number of nitrogens with zero attached hydrogens (tertiary/aromatic N) is 7. The monoisotopic (exact) mass is 521 g/mol. The first-order valence-corrected chi connectivity index (χ1v) is 13.4. The van der Waals surface area contributed by atoms with E-state index >= 15 is 0 Å². The Kier molecular flexibility index (Phi) is 6.86. The zero-order valence-electron chi connectivity index (χ0n) is 21.9. The van der Waals surface area contributed by atoms with Crippen molar-refractivity contribution in [3.05, 3.63) is 73.3 Å². The van der Waals surface area contributed by atoms with Crippen molar-refractivity contribution >= 4 is 17.1 Å². The molecule has 1 aromatic carbocycles. The molecule has 0 unspecified atom stereocenters. The SMILES string of the molecule is C=CC(=O)N1CCN(c2ccc(-c3cc(-c4cnn(CC5CCOCC5)c4)cn4ncc(C#N)c34)cc2)CC1. The van der Waals surface area contributed by atoms with Crippen LogP contribution in [0.15, 0.2) is 67.8 Å². The molecule has 4 aromatic rings. The van der Waals surface area contributed by atoms with Crippen LogP contribution in [0.2, 0.25) is 0 Å². The zero-order valence-corrected chi connectivity index (χ0v) is 21.9. The number of carbonyl (C=O) groups is 1. The van der Waals surface area contributed by atoms with Gasteiger partial charge in [0.1, 0.15) is 6.07 Å². The van der Waals surface area contributed by atoms with Gasteiger partial charge in [0.15, 0.2) is 0 Å². The Morgan fingerprint density at radius 3 is 2.51 bits per heavy atom. The maximum absolute atomic E-state index is 11.9. The second-order valence-corrected chi connectivity index (χ2v) is 10.2. The van der Waals surface area contributed by atoms with Crippen LogP contribution in [0.1, 0.15) is 18.4 Å². The first-order chi connectivity index (χ1) is 19.1. The number of aromatic nitrogens is 4. The molecule has 2 fully saturated rings. The molecule has 39 heavy (non-hydrogen) atoms. The molecule has 0 aliphatic carbocycles. The number of ether oxygens (including phenoxy) is 1. The lowest BCUT2D eigenvalue weighted by Gasteiger charge is -2.35. The summed E-state index contributed by atoms with van der Waals surface area (Å²) >= 11 is 0. The lowest BCUT2D eigenvalue weighted by atomic mass is 9.99. The summed E-state index contributed by atoms with van der Waals surface area (Å²) in [5.74, 6) is 0.565. The van der Waals surface area contributed by atoms with Gasteiger partial charge in [0.25, 0.3) is 0 Å². The molecule has 0 N–H and O–H groups in total. The third kappa shape index (κ3) is 5.03. The Hall–Kier alpha value is -4.42. The first-order valence-electron chi connectivity index (χ1n) is 13.4. The van der Waals surface area contributed by atoms with Gasteiger partial charge in [0, 0.05) is 80.7 Å². The lowest BCUT2D eigenvalue weighted by molar-refractivity contribution is -0.126.